The van der Waals surface area contributed by atoms with E-state index < -0.39 is 10.0 Å². The monoisotopic (exact) mass is 451 g/mol. The minimum Gasteiger partial charge on any atom is -0.355 e. The number of sulfonamides is 1. The number of carbonyl (C=O) groups excluding carboxylic acids is 1. The Morgan fingerprint density at radius 2 is 1.92 bits per heavy atom. The van der Waals surface area contributed by atoms with E-state index in [4.69, 9.17) is 11.6 Å². The number of nitrogens with one attached hydrogen (secondary N) is 1. The lowest BCUT2D eigenvalue weighted by Gasteiger charge is -2.33. The fourth-order valence-corrected chi connectivity index (χ4v) is 4.96. The van der Waals surface area contributed by atoms with Gasteiger partial charge in [-0.15, -0.1) is 0 Å². The first-order valence-corrected chi connectivity index (χ1v) is 10.8. The molecule has 1 N–H and O–H groups in total. The number of nitrogens with zero attached hydrogens (tertiary/aromatic N) is 2. The van der Waals surface area contributed by atoms with Gasteiger partial charge in [0.25, 0.3) is 0 Å². The van der Waals surface area contributed by atoms with E-state index in [1.807, 2.05) is 18.7 Å². The van der Waals surface area contributed by atoms with Crippen LogP contribution < -0.4 is 5.32 Å². The smallest absolute Gasteiger partial charge is 0.244 e. The third kappa shape index (κ3) is 5.65. The van der Waals surface area contributed by atoms with Gasteiger partial charge in [0.15, 0.2) is 0 Å². The molecule has 0 aliphatic carbocycles. The van der Waals surface area contributed by atoms with Crippen LogP contribution in [0.5, 0.6) is 0 Å². The summed E-state index contributed by atoms with van der Waals surface area (Å²) in [7, 11) is -3.63. The molecule has 1 amide bonds. The van der Waals surface area contributed by atoms with Crippen LogP contribution in [0.15, 0.2) is 27.6 Å². The quantitative estimate of drug-likeness (QED) is 0.718. The Hall–Kier alpha value is -0.670. The van der Waals surface area contributed by atoms with Crippen molar-refractivity contribution in [3.05, 3.63) is 27.7 Å². The zero-order valence-electron chi connectivity index (χ0n) is 14.3. The second-order valence-electron chi connectivity index (χ2n) is 6.45. The Morgan fingerprint density at radius 3 is 2.48 bits per heavy atom. The first-order chi connectivity index (χ1) is 11.7. The lowest BCUT2D eigenvalue weighted by molar-refractivity contribution is -0.122. The van der Waals surface area contributed by atoms with Gasteiger partial charge in [0.2, 0.25) is 15.9 Å². The largest absolute Gasteiger partial charge is 0.355 e. The third-order valence-electron chi connectivity index (χ3n) is 3.92. The van der Waals surface area contributed by atoms with Gasteiger partial charge in [0.05, 0.1) is 11.6 Å². The van der Waals surface area contributed by atoms with Crippen LogP contribution >= 0.6 is 27.5 Å². The number of hydrogen-bond donors (Lipinski definition) is 1. The molecule has 1 fully saturated rings. The van der Waals surface area contributed by atoms with Gasteiger partial charge in [-0.25, -0.2) is 8.42 Å². The molecular weight excluding hydrogens is 430 g/mol. The van der Waals surface area contributed by atoms with Crippen molar-refractivity contribution in [1.29, 1.82) is 0 Å². The van der Waals surface area contributed by atoms with Crippen molar-refractivity contribution >= 4 is 43.5 Å². The van der Waals surface area contributed by atoms with Crippen molar-refractivity contribution in [2.45, 2.75) is 18.7 Å². The average molecular weight is 453 g/mol. The number of benzene rings is 1. The molecule has 0 unspecified atom stereocenters. The average Bonchev–Trinajstić information content (AvgIpc) is 2.53. The van der Waals surface area contributed by atoms with E-state index >= 15 is 0 Å². The summed E-state index contributed by atoms with van der Waals surface area (Å²) in [6.45, 7) is 6.73. The topological polar surface area (TPSA) is 69.7 Å². The van der Waals surface area contributed by atoms with Crippen molar-refractivity contribution in [1.82, 2.24) is 14.5 Å². The summed E-state index contributed by atoms with van der Waals surface area (Å²) < 4.78 is 27.7. The SMILES string of the molecule is CC(C)CNC(=O)CN1CCN(S(=O)(=O)c2ccc(Br)cc2Cl)CC1. The molecule has 1 aromatic rings. The van der Waals surface area contributed by atoms with Crippen LogP contribution in [0, 0.1) is 5.92 Å². The molecule has 1 aliphatic heterocycles. The van der Waals surface area contributed by atoms with E-state index in [-0.39, 0.29) is 15.8 Å². The van der Waals surface area contributed by atoms with Crippen molar-refractivity contribution in [2.75, 3.05) is 39.3 Å². The van der Waals surface area contributed by atoms with Crippen molar-refractivity contribution < 1.29 is 13.2 Å². The molecule has 0 saturated carbocycles. The van der Waals surface area contributed by atoms with Gasteiger partial charge >= 0.3 is 0 Å². The maximum Gasteiger partial charge on any atom is 0.244 e. The van der Waals surface area contributed by atoms with Crippen molar-refractivity contribution in [3.8, 4) is 0 Å². The number of hydrogen-bond acceptors (Lipinski definition) is 4. The molecule has 0 spiro atoms. The second-order valence-corrected chi connectivity index (χ2v) is 9.68. The number of halogens is 2. The lowest BCUT2D eigenvalue weighted by Crippen LogP contribution is -2.51. The Bertz CT molecular complexity index is 719. The van der Waals surface area contributed by atoms with Crippen LogP contribution in [-0.2, 0) is 14.8 Å². The molecule has 140 valence electrons. The van der Waals surface area contributed by atoms with E-state index in [2.05, 4.69) is 21.2 Å². The molecule has 1 heterocycles. The summed E-state index contributed by atoms with van der Waals surface area (Å²) in [6, 6.07) is 4.74. The highest BCUT2D eigenvalue weighted by molar-refractivity contribution is 9.10. The standard InChI is InChI=1S/C16H23BrClN3O3S/c1-12(2)10-19-16(22)11-20-5-7-21(8-6-20)25(23,24)15-4-3-13(17)9-14(15)18/h3-4,9,12H,5-8,10-11H2,1-2H3,(H,19,22). The van der Waals surface area contributed by atoms with Gasteiger partial charge < -0.3 is 5.32 Å². The highest BCUT2D eigenvalue weighted by Gasteiger charge is 2.30. The van der Waals surface area contributed by atoms with E-state index in [0.29, 0.717) is 45.2 Å². The predicted molar refractivity (Wildman–Crippen MR) is 102 cm³/mol. The fraction of sp³-hybridized carbons (Fsp3) is 0.562. The normalized spacial score (nSPS) is 17.0. The number of rotatable bonds is 6. The summed E-state index contributed by atoms with van der Waals surface area (Å²) in [6.07, 6.45) is 0. The molecule has 0 atom stereocenters. The molecular formula is C16H23BrClN3O3S. The van der Waals surface area contributed by atoms with Gasteiger partial charge in [-0.2, -0.15) is 4.31 Å². The van der Waals surface area contributed by atoms with Gasteiger partial charge in [0.1, 0.15) is 4.90 Å². The predicted octanol–water partition coefficient (Wildman–Crippen LogP) is 2.18. The van der Waals surface area contributed by atoms with Crippen LogP contribution in [0.1, 0.15) is 13.8 Å². The first-order valence-electron chi connectivity index (χ1n) is 8.14. The van der Waals surface area contributed by atoms with E-state index in [1.165, 1.54) is 10.4 Å². The Labute approximate surface area is 162 Å². The molecule has 1 aliphatic rings. The summed E-state index contributed by atoms with van der Waals surface area (Å²) in [4.78, 5) is 14.0. The highest BCUT2D eigenvalue weighted by Crippen LogP contribution is 2.28. The molecule has 6 nitrogen and oxygen atoms in total. The van der Waals surface area contributed by atoms with Gasteiger partial charge in [-0.3, -0.25) is 9.69 Å². The zero-order valence-corrected chi connectivity index (χ0v) is 17.5. The maximum absolute atomic E-state index is 12.8. The van der Waals surface area contributed by atoms with E-state index in [1.54, 1.807) is 12.1 Å². The van der Waals surface area contributed by atoms with Crippen LogP contribution in [0.25, 0.3) is 0 Å². The minimum absolute atomic E-state index is 0.0269. The first kappa shape index (κ1) is 20.6. The fourth-order valence-electron chi connectivity index (χ4n) is 2.53. The Balaban J connectivity index is 1.94. The molecule has 0 bridgehead atoms. The van der Waals surface area contributed by atoms with Crippen LogP contribution in [0.2, 0.25) is 5.02 Å². The number of piperazine rings is 1. The second kappa shape index (κ2) is 8.81. The van der Waals surface area contributed by atoms with Crippen molar-refractivity contribution in [3.63, 3.8) is 0 Å². The summed E-state index contributed by atoms with van der Waals surface area (Å²) in [5.41, 5.74) is 0. The summed E-state index contributed by atoms with van der Waals surface area (Å²) >= 11 is 9.37. The summed E-state index contributed by atoms with van der Waals surface area (Å²) in [5, 5.41) is 3.07. The molecule has 0 radical (unpaired) electrons. The molecule has 9 heteroatoms. The van der Waals surface area contributed by atoms with Crippen LogP contribution in [0.3, 0.4) is 0 Å². The Morgan fingerprint density at radius 1 is 1.28 bits per heavy atom. The third-order valence-corrected chi connectivity index (χ3v) is 6.79. The number of carbonyl (C=O) groups is 1. The van der Waals surface area contributed by atoms with Gasteiger partial charge in [-0.05, 0) is 24.1 Å². The molecule has 2 rings (SSSR count). The Kier molecular flexibility index (Phi) is 7.28. The molecule has 0 aromatic heterocycles. The van der Waals surface area contributed by atoms with E-state index in [0.717, 1.165) is 4.47 Å². The zero-order chi connectivity index (χ0) is 18.6. The van der Waals surface area contributed by atoms with Gasteiger partial charge in [0, 0.05) is 37.2 Å². The van der Waals surface area contributed by atoms with Crippen LogP contribution in [0.4, 0.5) is 0 Å². The van der Waals surface area contributed by atoms with Crippen LogP contribution in [-0.4, -0.2) is 62.8 Å². The maximum atomic E-state index is 12.8. The highest BCUT2D eigenvalue weighted by atomic mass is 79.9. The number of amides is 1. The molecule has 1 saturated heterocycles. The lowest BCUT2D eigenvalue weighted by atomic mass is 10.2. The molecule has 1 aromatic carbocycles. The minimum atomic E-state index is -3.63. The van der Waals surface area contributed by atoms with Crippen molar-refractivity contribution in [2.24, 2.45) is 5.92 Å². The summed E-state index contributed by atoms with van der Waals surface area (Å²) in [5.74, 6) is 0.377. The van der Waals surface area contributed by atoms with Gasteiger partial charge in [-0.1, -0.05) is 41.4 Å². The van der Waals surface area contributed by atoms with E-state index in [9.17, 15) is 13.2 Å². The molecule has 25 heavy (non-hydrogen) atoms.